The van der Waals surface area contributed by atoms with E-state index in [2.05, 4.69) is 20.4 Å². The quantitative estimate of drug-likeness (QED) is 0.349. The summed E-state index contributed by atoms with van der Waals surface area (Å²) in [5.41, 5.74) is -4.62. The zero-order chi connectivity index (χ0) is 17.5. The first-order valence-corrected chi connectivity index (χ1v) is 6.90. The van der Waals surface area contributed by atoms with Crippen LogP contribution in [0.25, 0.3) is 0 Å². The maximum absolute atomic E-state index is 12.6. The molecule has 7 nitrogen and oxygen atoms in total. The van der Waals surface area contributed by atoms with Crippen LogP contribution in [-0.2, 0) is 15.2 Å². The molecular weight excluding hydrogens is 374 g/mol. The molecule has 0 aliphatic rings. The Balaban J connectivity index is 3.87. The molecule has 0 radical (unpaired) electrons. The summed E-state index contributed by atoms with van der Waals surface area (Å²) in [6.07, 6.45) is -11.3. The predicted molar refractivity (Wildman–Crippen MR) is 55.6 cm³/mol. The Bertz CT molecular complexity index is 715. The first-order valence-electron chi connectivity index (χ1n) is 4.59. The molecular formula is C7HClF6N2O5S. The topological polar surface area (TPSA) is 99.4 Å². The fraction of sp³-hybridized carbons (Fsp3) is 0.286. The summed E-state index contributed by atoms with van der Waals surface area (Å²) in [7, 11) is -0.710. The molecule has 1 aromatic rings. The number of rotatable bonds is 3. The predicted octanol–water partition coefficient (Wildman–Crippen LogP) is 2.83. The average molecular weight is 375 g/mol. The van der Waals surface area contributed by atoms with Gasteiger partial charge >= 0.3 is 18.2 Å². The van der Waals surface area contributed by atoms with Crippen LogP contribution in [-0.4, -0.2) is 24.7 Å². The fourth-order valence-corrected chi connectivity index (χ4v) is 2.46. The van der Waals surface area contributed by atoms with E-state index in [1.165, 1.54) is 0 Å². The van der Waals surface area contributed by atoms with E-state index in [-0.39, 0.29) is 6.20 Å². The molecule has 124 valence electrons. The van der Waals surface area contributed by atoms with E-state index in [0.29, 0.717) is 0 Å². The van der Waals surface area contributed by atoms with Crippen molar-refractivity contribution in [1.82, 2.24) is 4.98 Å². The standard InChI is InChI=1S/C7HClF6N2O5S/c8-22(19,20)4-2(21-7(12,13)14)1-15-5(6(9,10)11)3(4)16(17)18/h1H. The molecule has 1 heterocycles. The van der Waals surface area contributed by atoms with E-state index in [1.54, 1.807) is 0 Å². The zero-order valence-electron chi connectivity index (χ0n) is 9.57. The largest absolute Gasteiger partial charge is 0.573 e. The summed E-state index contributed by atoms with van der Waals surface area (Å²) in [5, 5.41) is 10.7. The van der Waals surface area contributed by atoms with Crippen molar-refractivity contribution in [3.05, 3.63) is 22.0 Å². The summed E-state index contributed by atoms with van der Waals surface area (Å²) >= 11 is 0. The summed E-state index contributed by atoms with van der Waals surface area (Å²) in [6, 6.07) is 0. The second-order valence-electron chi connectivity index (χ2n) is 3.39. The van der Waals surface area contributed by atoms with Gasteiger partial charge in [-0.3, -0.25) is 10.1 Å². The third-order valence-electron chi connectivity index (χ3n) is 1.89. The highest BCUT2D eigenvalue weighted by atomic mass is 35.7. The average Bonchev–Trinajstić information content (AvgIpc) is 2.22. The molecule has 0 atom stereocenters. The third-order valence-corrected chi connectivity index (χ3v) is 3.24. The molecule has 0 unspecified atom stereocenters. The Morgan fingerprint density at radius 1 is 1.23 bits per heavy atom. The molecule has 0 aliphatic heterocycles. The van der Waals surface area contributed by atoms with Gasteiger partial charge in [-0.1, -0.05) is 0 Å². The second-order valence-corrected chi connectivity index (χ2v) is 5.89. The molecule has 22 heavy (non-hydrogen) atoms. The third kappa shape index (κ3) is 4.09. The van der Waals surface area contributed by atoms with Crippen LogP contribution in [0.4, 0.5) is 32.0 Å². The van der Waals surface area contributed by atoms with Gasteiger partial charge in [-0.15, -0.1) is 13.2 Å². The van der Waals surface area contributed by atoms with E-state index in [4.69, 9.17) is 0 Å². The Morgan fingerprint density at radius 3 is 2.05 bits per heavy atom. The van der Waals surface area contributed by atoms with Crippen LogP contribution in [0.1, 0.15) is 5.69 Å². The second kappa shape index (κ2) is 5.42. The molecule has 0 aliphatic carbocycles. The van der Waals surface area contributed by atoms with Gasteiger partial charge < -0.3 is 4.74 Å². The lowest BCUT2D eigenvalue weighted by molar-refractivity contribution is -0.391. The molecule has 0 aromatic carbocycles. The van der Waals surface area contributed by atoms with Gasteiger partial charge in [0.1, 0.15) is 0 Å². The molecule has 15 heteroatoms. The Labute approximate surface area is 121 Å². The van der Waals surface area contributed by atoms with Crippen LogP contribution in [0, 0.1) is 10.1 Å². The summed E-state index contributed by atoms with van der Waals surface area (Å²) in [5.74, 6) is -1.86. The summed E-state index contributed by atoms with van der Waals surface area (Å²) in [4.78, 5) is 9.10. The molecule has 0 saturated heterocycles. The number of alkyl halides is 6. The molecule has 1 rings (SSSR count). The Hall–Kier alpha value is -1.83. The van der Waals surface area contributed by atoms with Gasteiger partial charge in [0.15, 0.2) is 5.75 Å². The van der Waals surface area contributed by atoms with Crippen molar-refractivity contribution in [3.8, 4) is 5.75 Å². The first kappa shape index (κ1) is 18.2. The number of aromatic nitrogens is 1. The minimum absolute atomic E-state index is 0.279. The van der Waals surface area contributed by atoms with Crippen LogP contribution >= 0.6 is 10.7 Å². The van der Waals surface area contributed by atoms with Crippen LogP contribution in [0.15, 0.2) is 11.1 Å². The number of hydrogen-bond acceptors (Lipinski definition) is 6. The van der Waals surface area contributed by atoms with Crippen molar-refractivity contribution in [2.24, 2.45) is 0 Å². The maximum Gasteiger partial charge on any atom is 0.573 e. The van der Waals surface area contributed by atoms with Crippen molar-refractivity contribution >= 4 is 25.4 Å². The molecule has 0 amide bonds. The van der Waals surface area contributed by atoms with Gasteiger partial charge in [-0.25, -0.2) is 13.4 Å². The highest BCUT2D eigenvalue weighted by Crippen LogP contribution is 2.44. The van der Waals surface area contributed by atoms with Crippen molar-refractivity contribution in [1.29, 1.82) is 0 Å². The number of nitro groups is 1. The van der Waals surface area contributed by atoms with Crippen LogP contribution in [0.2, 0.25) is 0 Å². The van der Waals surface area contributed by atoms with Crippen LogP contribution in [0.5, 0.6) is 5.75 Å². The number of nitrogens with zero attached hydrogens (tertiary/aromatic N) is 2. The van der Waals surface area contributed by atoms with Gasteiger partial charge in [-0.2, -0.15) is 13.2 Å². The fourth-order valence-electron chi connectivity index (χ4n) is 1.28. The summed E-state index contributed by atoms with van der Waals surface area (Å²) in [6.45, 7) is 0. The van der Waals surface area contributed by atoms with Gasteiger partial charge in [0, 0.05) is 10.7 Å². The normalized spacial score (nSPS) is 13.0. The van der Waals surface area contributed by atoms with Crippen molar-refractivity contribution in [2.45, 2.75) is 17.4 Å². The van der Waals surface area contributed by atoms with Gasteiger partial charge in [-0.05, 0) is 0 Å². The monoisotopic (exact) mass is 374 g/mol. The molecule has 1 aromatic heterocycles. The lowest BCUT2D eigenvalue weighted by atomic mass is 10.3. The van der Waals surface area contributed by atoms with E-state index in [9.17, 15) is 44.9 Å². The minimum atomic E-state index is -5.55. The zero-order valence-corrected chi connectivity index (χ0v) is 11.1. The van der Waals surface area contributed by atoms with Gasteiger partial charge in [0.25, 0.3) is 9.05 Å². The lowest BCUT2D eigenvalue weighted by Gasteiger charge is -2.13. The van der Waals surface area contributed by atoms with Crippen LogP contribution in [0.3, 0.4) is 0 Å². The van der Waals surface area contributed by atoms with Gasteiger partial charge in [0.2, 0.25) is 10.6 Å². The summed E-state index contributed by atoms with van der Waals surface area (Å²) < 4.78 is 99.5. The molecule has 0 bridgehead atoms. The van der Waals surface area contributed by atoms with Crippen molar-refractivity contribution < 1.29 is 44.4 Å². The Morgan fingerprint density at radius 2 is 1.73 bits per heavy atom. The minimum Gasteiger partial charge on any atom is -0.402 e. The first-order chi connectivity index (χ1) is 9.64. The number of pyridine rings is 1. The molecule has 0 fully saturated rings. The Kier molecular flexibility index (Phi) is 4.49. The molecule has 0 spiro atoms. The van der Waals surface area contributed by atoms with Crippen molar-refractivity contribution in [2.75, 3.05) is 0 Å². The highest BCUT2D eigenvalue weighted by molar-refractivity contribution is 8.14. The van der Waals surface area contributed by atoms with Crippen LogP contribution < -0.4 is 4.74 Å². The number of ether oxygens (including phenoxy) is 1. The van der Waals surface area contributed by atoms with E-state index in [1.807, 2.05) is 0 Å². The van der Waals surface area contributed by atoms with E-state index < -0.39 is 48.5 Å². The van der Waals surface area contributed by atoms with Gasteiger partial charge in [0.05, 0.1) is 11.1 Å². The number of halogens is 7. The van der Waals surface area contributed by atoms with E-state index in [0.717, 1.165) is 0 Å². The van der Waals surface area contributed by atoms with Crippen molar-refractivity contribution in [3.63, 3.8) is 0 Å². The molecule has 0 saturated carbocycles. The SMILES string of the molecule is O=[N+]([O-])c1c(C(F)(F)F)ncc(OC(F)(F)F)c1S(=O)(=O)Cl. The highest BCUT2D eigenvalue weighted by Gasteiger charge is 2.47. The molecule has 0 N–H and O–H groups in total. The maximum atomic E-state index is 12.6. The number of hydrogen-bond donors (Lipinski definition) is 0. The van der Waals surface area contributed by atoms with E-state index >= 15 is 0 Å². The smallest absolute Gasteiger partial charge is 0.402 e. The lowest BCUT2D eigenvalue weighted by Crippen LogP contribution is -2.21.